The zero-order valence-corrected chi connectivity index (χ0v) is 16.9. The number of thioether (sulfide) groups is 1. The Morgan fingerprint density at radius 3 is 2.89 bits per heavy atom. The van der Waals surface area contributed by atoms with Crippen molar-refractivity contribution in [3.8, 4) is 0 Å². The fourth-order valence-electron chi connectivity index (χ4n) is 3.98. The molecule has 1 atom stereocenters. The van der Waals surface area contributed by atoms with Gasteiger partial charge in [0.2, 0.25) is 11.8 Å². The van der Waals surface area contributed by atoms with E-state index in [1.165, 1.54) is 0 Å². The maximum atomic E-state index is 12.7. The summed E-state index contributed by atoms with van der Waals surface area (Å²) in [6, 6.07) is 5.11. The Kier molecular flexibility index (Phi) is 5.37. The van der Waals surface area contributed by atoms with Crippen LogP contribution in [0.4, 0.5) is 0 Å². The average Bonchev–Trinajstić information content (AvgIpc) is 3.40. The van der Waals surface area contributed by atoms with E-state index in [0.29, 0.717) is 23.2 Å². The van der Waals surface area contributed by atoms with Gasteiger partial charge in [-0.2, -0.15) is 0 Å². The first kappa shape index (κ1) is 18.7. The third-order valence-electron chi connectivity index (χ3n) is 5.59. The minimum Gasteiger partial charge on any atom is -0.459 e. The summed E-state index contributed by atoms with van der Waals surface area (Å²) in [5, 5.41) is 4.58. The van der Waals surface area contributed by atoms with E-state index in [4.69, 9.17) is 16.0 Å². The Bertz CT molecular complexity index is 875. The molecule has 1 aliphatic heterocycles. The summed E-state index contributed by atoms with van der Waals surface area (Å²) >= 11 is 7.70. The molecular weight excluding hydrogens is 384 g/mol. The van der Waals surface area contributed by atoms with Crippen molar-refractivity contribution in [2.24, 2.45) is 5.92 Å². The molecule has 1 aromatic carbocycles. The Morgan fingerprint density at radius 2 is 2.11 bits per heavy atom. The number of carbonyl (C=O) groups is 2. The van der Waals surface area contributed by atoms with Gasteiger partial charge in [0.15, 0.2) is 0 Å². The van der Waals surface area contributed by atoms with Gasteiger partial charge < -0.3 is 14.6 Å². The molecule has 1 N–H and O–H groups in total. The molecule has 1 aromatic heterocycles. The van der Waals surface area contributed by atoms with Crippen LogP contribution in [-0.4, -0.2) is 34.4 Å². The molecule has 2 aromatic rings. The molecule has 1 saturated heterocycles. The molecule has 0 bridgehead atoms. The number of amides is 2. The number of fused-ring (bicyclic) bond motifs is 1. The van der Waals surface area contributed by atoms with Crippen LogP contribution in [0.5, 0.6) is 0 Å². The normalized spacial score (nSPS) is 20.5. The van der Waals surface area contributed by atoms with E-state index in [2.05, 4.69) is 5.32 Å². The largest absolute Gasteiger partial charge is 0.459 e. The number of halogens is 1. The van der Waals surface area contributed by atoms with Crippen molar-refractivity contribution in [1.29, 1.82) is 0 Å². The summed E-state index contributed by atoms with van der Waals surface area (Å²) in [5.41, 5.74) is 1.74. The second kappa shape index (κ2) is 7.76. The van der Waals surface area contributed by atoms with E-state index < -0.39 is 0 Å². The number of benzene rings is 1. The van der Waals surface area contributed by atoms with E-state index in [0.717, 1.165) is 48.0 Å². The molecule has 2 amide bonds. The Labute approximate surface area is 167 Å². The SMILES string of the molecule is Cc1c(CNC(=O)[C@@H]2CSCN2C(=O)C2CCCC2)oc2ccc(Cl)cc12. The highest BCUT2D eigenvalue weighted by Gasteiger charge is 2.38. The number of hydrogen-bond donors (Lipinski definition) is 1. The van der Waals surface area contributed by atoms with Gasteiger partial charge >= 0.3 is 0 Å². The highest BCUT2D eigenvalue weighted by molar-refractivity contribution is 7.99. The van der Waals surface area contributed by atoms with Gasteiger partial charge in [-0.1, -0.05) is 24.4 Å². The second-order valence-corrected chi connectivity index (χ2v) is 8.75. The molecule has 4 rings (SSSR count). The molecule has 1 aliphatic carbocycles. The highest BCUT2D eigenvalue weighted by Crippen LogP contribution is 2.31. The fraction of sp³-hybridized carbons (Fsp3) is 0.500. The van der Waals surface area contributed by atoms with E-state index in [1.807, 2.05) is 19.1 Å². The number of hydrogen-bond acceptors (Lipinski definition) is 4. The molecule has 27 heavy (non-hydrogen) atoms. The summed E-state index contributed by atoms with van der Waals surface area (Å²) < 4.78 is 5.86. The Balaban J connectivity index is 1.43. The number of nitrogens with one attached hydrogen (secondary N) is 1. The topological polar surface area (TPSA) is 62.6 Å². The third-order valence-corrected chi connectivity index (χ3v) is 6.84. The van der Waals surface area contributed by atoms with Crippen molar-refractivity contribution in [2.45, 2.75) is 45.2 Å². The lowest BCUT2D eigenvalue weighted by Gasteiger charge is -2.25. The first-order valence-electron chi connectivity index (χ1n) is 9.38. The first-order valence-corrected chi connectivity index (χ1v) is 10.9. The van der Waals surface area contributed by atoms with Crippen LogP contribution in [0.1, 0.15) is 37.0 Å². The van der Waals surface area contributed by atoms with Crippen molar-refractivity contribution >= 4 is 46.1 Å². The van der Waals surface area contributed by atoms with E-state index in [9.17, 15) is 9.59 Å². The molecule has 5 nitrogen and oxygen atoms in total. The number of carbonyl (C=O) groups excluding carboxylic acids is 2. The predicted molar refractivity (Wildman–Crippen MR) is 108 cm³/mol. The summed E-state index contributed by atoms with van der Waals surface area (Å²) in [6.07, 6.45) is 4.14. The zero-order valence-electron chi connectivity index (χ0n) is 15.3. The minimum absolute atomic E-state index is 0.0985. The van der Waals surface area contributed by atoms with Gasteiger partial charge in [-0.05, 0) is 38.0 Å². The molecular formula is C20H23ClN2O3S. The van der Waals surface area contributed by atoms with Crippen LogP contribution in [0, 0.1) is 12.8 Å². The van der Waals surface area contributed by atoms with Crippen LogP contribution in [0.2, 0.25) is 5.02 Å². The van der Waals surface area contributed by atoms with Gasteiger partial charge in [0.1, 0.15) is 17.4 Å². The molecule has 0 unspecified atom stereocenters. The lowest BCUT2D eigenvalue weighted by atomic mass is 10.1. The van der Waals surface area contributed by atoms with Crippen LogP contribution in [0.15, 0.2) is 22.6 Å². The van der Waals surface area contributed by atoms with E-state index in [-0.39, 0.29) is 23.8 Å². The Hall–Kier alpha value is -1.66. The van der Waals surface area contributed by atoms with E-state index >= 15 is 0 Å². The fourth-order valence-corrected chi connectivity index (χ4v) is 5.32. The Morgan fingerprint density at radius 1 is 1.33 bits per heavy atom. The summed E-state index contributed by atoms with van der Waals surface area (Å²) in [6.45, 7) is 2.27. The second-order valence-electron chi connectivity index (χ2n) is 7.31. The van der Waals surface area contributed by atoms with E-state index in [1.54, 1.807) is 22.7 Å². The molecule has 0 spiro atoms. The maximum Gasteiger partial charge on any atom is 0.244 e. The van der Waals surface area contributed by atoms with Crippen molar-refractivity contribution in [3.05, 3.63) is 34.5 Å². The van der Waals surface area contributed by atoms with Gasteiger partial charge in [0.25, 0.3) is 0 Å². The molecule has 144 valence electrons. The van der Waals surface area contributed by atoms with Crippen LogP contribution in [0.25, 0.3) is 11.0 Å². The zero-order chi connectivity index (χ0) is 19.0. The lowest BCUT2D eigenvalue weighted by Crippen LogP contribution is -2.48. The molecule has 2 fully saturated rings. The summed E-state index contributed by atoms with van der Waals surface area (Å²) in [4.78, 5) is 27.3. The monoisotopic (exact) mass is 406 g/mol. The average molecular weight is 407 g/mol. The number of furan rings is 1. The third kappa shape index (κ3) is 3.69. The summed E-state index contributed by atoms with van der Waals surface area (Å²) in [5.74, 6) is 2.12. The smallest absolute Gasteiger partial charge is 0.244 e. The van der Waals surface area contributed by atoms with Crippen molar-refractivity contribution < 1.29 is 14.0 Å². The molecule has 0 radical (unpaired) electrons. The van der Waals surface area contributed by atoms with Crippen LogP contribution >= 0.6 is 23.4 Å². The maximum absolute atomic E-state index is 12.7. The van der Waals surface area contributed by atoms with Gasteiger partial charge in [0, 0.05) is 27.6 Å². The van der Waals surface area contributed by atoms with Crippen LogP contribution in [-0.2, 0) is 16.1 Å². The van der Waals surface area contributed by atoms with Crippen molar-refractivity contribution in [1.82, 2.24) is 10.2 Å². The predicted octanol–water partition coefficient (Wildman–Crippen LogP) is 4.10. The number of nitrogens with zero attached hydrogens (tertiary/aromatic N) is 1. The van der Waals surface area contributed by atoms with Gasteiger partial charge in [-0.15, -0.1) is 11.8 Å². The lowest BCUT2D eigenvalue weighted by molar-refractivity contribution is -0.141. The quantitative estimate of drug-likeness (QED) is 0.830. The molecule has 2 heterocycles. The van der Waals surface area contributed by atoms with Crippen molar-refractivity contribution in [2.75, 3.05) is 11.6 Å². The van der Waals surface area contributed by atoms with Crippen LogP contribution < -0.4 is 5.32 Å². The van der Waals surface area contributed by atoms with Crippen molar-refractivity contribution in [3.63, 3.8) is 0 Å². The van der Waals surface area contributed by atoms with Gasteiger partial charge in [-0.3, -0.25) is 9.59 Å². The number of aryl methyl sites for hydroxylation is 1. The number of rotatable bonds is 4. The summed E-state index contributed by atoms with van der Waals surface area (Å²) in [7, 11) is 0. The van der Waals surface area contributed by atoms with Crippen LogP contribution in [0.3, 0.4) is 0 Å². The molecule has 1 saturated carbocycles. The van der Waals surface area contributed by atoms with Gasteiger partial charge in [0.05, 0.1) is 12.4 Å². The molecule has 2 aliphatic rings. The highest BCUT2D eigenvalue weighted by atomic mass is 35.5. The molecule has 7 heteroatoms. The standard InChI is InChI=1S/C20H23ClN2O3S/c1-12-15-8-14(21)6-7-17(15)26-18(12)9-22-19(24)16-10-27-11-23(16)20(25)13-4-2-3-5-13/h6-8,13,16H,2-5,9-11H2,1H3,(H,22,24)/t16-/m0/s1. The minimum atomic E-state index is -0.387. The van der Waals surface area contributed by atoms with Gasteiger partial charge in [-0.25, -0.2) is 0 Å². The first-order chi connectivity index (χ1) is 13.0.